The Morgan fingerprint density at radius 2 is 1.71 bits per heavy atom. The number of methoxy groups -OCH3 is 1. The third-order valence-corrected chi connectivity index (χ3v) is 4.25. The van der Waals surface area contributed by atoms with E-state index in [1.807, 2.05) is 31.1 Å². The number of nitrogens with zero attached hydrogens (tertiary/aromatic N) is 1. The Morgan fingerprint density at radius 1 is 1.08 bits per heavy atom. The van der Waals surface area contributed by atoms with Gasteiger partial charge in [-0.2, -0.15) is 0 Å². The highest BCUT2D eigenvalue weighted by molar-refractivity contribution is 6.37. The van der Waals surface area contributed by atoms with Crippen LogP contribution in [0.1, 0.15) is 15.9 Å². The van der Waals surface area contributed by atoms with Gasteiger partial charge in [-0.15, -0.1) is 0 Å². The SMILES string of the molecule is COc1c(Cl)ccc(Cl)c1C(=O)NCCc1ccc(N(C)C)cc1. The normalized spacial score (nSPS) is 10.4. The Kier molecular flexibility index (Phi) is 6.35. The fourth-order valence-electron chi connectivity index (χ4n) is 2.31. The van der Waals surface area contributed by atoms with Crippen LogP contribution in [0, 0.1) is 0 Å². The number of hydrogen-bond donors (Lipinski definition) is 1. The summed E-state index contributed by atoms with van der Waals surface area (Å²) in [5.41, 5.74) is 2.54. The van der Waals surface area contributed by atoms with Crippen molar-refractivity contribution in [3.63, 3.8) is 0 Å². The van der Waals surface area contributed by atoms with E-state index in [0.29, 0.717) is 16.6 Å². The predicted octanol–water partition coefficient (Wildman–Crippen LogP) is 4.04. The van der Waals surface area contributed by atoms with Crippen molar-refractivity contribution in [1.82, 2.24) is 5.32 Å². The van der Waals surface area contributed by atoms with E-state index >= 15 is 0 Å². The monoisotopic (exact) mass is 366 g/mol. The molecule has 0 aliphatic rings. The van der Waals surface area contributed by atoms with Crippen LogP contribution in [0.4, 0.5) is 5.69 Å². The van der Waals surface area contributed by atoms with Gasteiger partial charge in [-0.3, -0.25) is 4.79 Å². The first-order chi connectivity index (χ1) is 11.4. The van der Waals surface area contributed by atoms with Gasteiger partial charge in [0, 0.05) is 26.3 Å². The molecule has 1 N–H and O–H groups in total. The van der Waals surface area contributed by atoms with Gasteiger partial charge in [0.25, 0.3) is 5.91 Å². The van der Waals surface area contributed by atoms with Crippen LogP contribution in [0.25, 0.3) is 0 Å². The van der Waals surface area contributed by atoms with Crippen LogP contribution in [0.2, 0.25) is 10.0 Å². The van der Waals surface area contributed by atoms with Gasteiger partial charge in [0.2, 0.25) is 0 Å². The van der Waals surface area contributed by atoms with E-state index in [1.165, 1.54) is 7.11 Å². The second-order valence-electron chi connectivity index (χ2n) is 5.50. The summed E-state index contributed by atoms with van der Waals surface area (Å²) in [7, 11) is 5.45. The molecule has 0 saturated heterocycles. The first kappa shape index (κ1) is 18.4. The van der Waals surface area contributed by atoms with E-state index < -0.39 is 0 Å². The second-order valence-corrected chi connectivity index (χ2v) is 6.32. The molecule has 1 amide bonds. The molecule has 24 heavy (non-hydrogen) atoms. The molecular weight excluding hydrogens is 347 g/mol. The highest BCUT2D eigenvalue weighted by Crippen LogP contribution is 2.33. The van der Waals surface area contributed by atoms with Crippen LogP contribution < -0.4 is 15.0 Å². The first-order valence-corrected chi connectivity index (χ1v) is 8.26. The van der Waals surface area contributed by atoms with Crippen LogP contribution in [0.3, 0.4) is 0 Å². The number of carbonyl (C=O) groups excluding carboxylic acids is 1. The van der Waals surface area contributed by atoms with E-state index in [4.69, 9.17) is 27.9 Å². The molecule has 128 valence electrons. The smallest absolute Gasteiger partial charge is 0.256 e. The van der Waals surface area contributed by atoms with Crippen LogP contribution in [0.5, 0.6) is 5.75 Å². The molecule has 2 rings (SSSR count). The summed E-state index contributed by atoms with van der Waals surface area (Å²) < 4.78 is 5.20. The second kappa shape index (κ2) is 8.27. The van der Waals surface area contributed by atoms with Gasteiger partial charge >= 0.3 is 0 Å². The summed E-state index contributed by atoms with van der Waals surface area (Å²) >= 11 is 12.2. The maximum atomic E-state index is 12.4. The molecule has 0 radical (unpaired) electrons. The van der Waals surface area contributed by atoms with Crippen molar-refractivity contribution >= 4 is 34.8 Å². The minimum absolute atomic E-state index is 0.259. The van der Waals surface area contributed by atoms with E-state index in [0.717, 1.165) is 17.7 Å². The van der Waals surface area contributed by atoms with Crippen LogP contribution in [0.15, 0.2) is 36.4 Å². The van der Waals surface area contributed by atoms with Crippen molar-refractivity contribution < 1.29 is 9.53 Å². The standard InChI is InChI=1S/C18H20Cl2N2O2/c1-22(2)13-6-4-12(5-7-13)10-11-21-18(23)16-14(19)8-9-15(20)17(16)24-3/h4-9H,10-11H2,1-3H3,(H,21,23). The molecular formula is C18H20Cl2N2O2. The van der Waals surface area contributed by atoms with E-state index in [1.54, 1.807) is 12.1 Å². The van der Waals surface area contributed by atoms with Crippen molar-refractivity contribution in [1.29, 1.82) is 0 Å². The molecule has 0 saturated carbocycles. The maximum absolute atomic E-state index is 12.4. The Hall–Kier alpha value is -1.91. The van der Waals surface area contributed by atoms with Crippen LogP contribution in [-0.4, -0.2) is 33.7 Å². The van der Waals surface area contributed by atoms with Crippen molar-refractivity contribution in [2.24, 2.45) is 0 Å². The lowest BCUT2D eigenvalue weighted by Crippen LogP contribution is -2.26. The quantitative estimate of drug-likeness (QED) is 0.838. The van der Waals surface area contributed by atoms with Gasteiger partial charge in [0.15, 0.2) is 5.75 Å². The molecule has 0 spiro atoms. The zero-order chi connectivity index (χ0) is 17.7. The van der Waals surface area contributed by atoms with Gasteiger partial charge in [0.1, 0.15) is 5.56 Å². The Bertz CT molecular complexity index is 716. The Morgan fingerprint density at radius 3 is 2.29 bits per heavy atom. The van der Waals surface area contributed by atoms with Crippen LogP contribution >= 0.6 is 23.2 Å². The highest BCUT2D eigenvalue weighted by Gasteiger charge is 2.19. The topological polar surface area (TPSA) is 41.6 Å². The Balaban J connectivity index is 2.00. The molecule has 4 nitrogen and oxygen atoms in total. The average molecular weight is 367 g/mol. The maximum Gasteiger partial charge on any atom is 0.256 e. The molecule has 0 aliphatic heterocycles. The van der Waals surface area contributed by atoms with Crippen molar-refractivity contribution in [2.75, 3.05) is 32.6 Å². The fourth-order valence-corrected chi connectivity index (χ4v) is 2.78. The summed E-state index contributed by atoms with van der Waals surface area (Å²) in [5, 5.41) is 3.52. The fraction of sp³-hybridized carbons (Fsp3) is 0.278. The first-order valence-electron chi connectivity index (χ1n) is 7.50. The number of rotatable bonds is 6. The van der Waals surface area contributed by atoms with Gasteiger partial charge in [-0.25, -0.2) is 0 Å². The molecule has 0 heterocycles. The van der Waals surface area contributed by atoms with Gasteiger partial charge in [0.05, 0.1) is 17.2 Å². The summed E-state index contributed by atoms with van der Waals surface area (Å²) in [6, 6.07) is 11.4. The van der Waals surface area contributed by atoms with Gasteiger partial charge in [-0.1, -0.05) is 35.3 Å². The lowest BCUT2D eigenvalue weighted by molar-refractivity contribution is 0.0951. The minimum atomic E-state index is -0.302. The molecule has 0 unspecified atom stereocenters. The number of anilines is 1. The van der Waals surface area contributed by atoms with Crippen molar-refractivity contribution in [3.05, 3.63) is 57.6 Å². The molecule has 0 fully saturated rings. The predicted molar refractivity (Wildman–Crippen MR) is 99.8 cm³/mol. The van der Waals surface area contributed by atoms with Gasteiger partial charge < -0.3 is 15.0 Å². The van der Waals surface area contributed by atoms with Crippen molar-refractivity contribution in [2.45, 2.75) is 6.42 Å². The number of nitrogens with one attached hydrogen (secondary N) is 1. The van der Waals surface area contributed by atoms with Crippen molar-refractivity contribution in [3.8, 4) is 5.75 Å². The third-order valence-electron chi connectivity index (χ3n) is 3.64. The molecule has 2 aromatic carbocycles. The molecule has 2 aromatic rings. The number of benzene rings is 2. The summed E-state index contributed by atoms with van der Waals surface area (Å²) in [6.07, 6.45) is 0.722. The largest absolute Gasteiger partial charge is 0.494 e. The van der Waals surface area contributed by atoms with Gasteiger partial charge in [-0.05, 0) is 36.2 Å². The van der Waals surface area contributed by atoms with E-state index in [9.17, 15) is 4.79 Å². The minimum Gasteiger partial charge on any atom is -0.494 e. The molecule has 0 bridgehead atoms. The average Bonchev–Trinajstić information content (AvgIpc) is 2.56. The summed E-state index contributed by atoms with van der Waals surface area (Å²) in [4.78, 5) is 14.4. The molecule has 0 aliphatic carbocycles. The van der Waals surface area contributed by atoms with E-state index in [2.05, 4.69) is 17.4 Å². The zero-order valence-electron chi connectivity index (χ0n) is 13.9. The zero-order valence-corrected chi connectivity index (χ0v) is 15.4. The summed E-state index contributed by atoms with van der Waals surface area (Å²) in [6.45, 7) is 0.492. The lowest BCUT2D eigenvalue weighted by Gasteiger charge is -2.14. The number of ether oxygens (including phenoxy) is 1. The lowest BCUT2D eigenvalue weighted by atomic mass is 10.1. The number of carbonyl (C=O) groups is 1. The number of halogens is 2. The summed E-state index contributed by atoms with van der Waals surface area (Å²) in [5.74, 6) is -0.0127. The highest BCUT2D eigenvalue weighted by atomic mass is 35.5. The van der Waals surface area contributed by atoms with Crippen LogP contribution in [-0.2, 0) is 6.42 Å². The number of amides is 1. The van der Waals surface area contributed by atoms with E-state index in [-0.39, 0.29) is 17.2 Å². The molecule has 6 heteroatoms. The Labute approximate surface area is 152 Å². The number of hydrogen-bond acceptors (Lipinski definition) is 3. The third kappa shape index (κ3) is 4.34. The molecule has 0 aromatic heterocycles. The molecule has 0 atom stereocenters.